The number of carbonyl (C=O) groups is 3. The number of aliphatic carboxylic acids is 2. The van der Waals surface area contributed by atoms with Gasteiger partial charge in [0, 0.05) is 39.3 Å². The topological polar surface area (TPSA) is 107 Å². The number of rotatable bonds is 6. The van der Waals surface area contributed by atoms with Gasteiger partial charge >= 0.3 is 17.9 Å². The van der Waals surface area contributed by atoms with Crippen molar-refractivity contribution >= 4 is 24.0 Å². The maximum absolute atomic E-state index is 11.5. The van der Waals surface area contributed by atoms with Crippen LogP contribution in [-0.2, 0) is 20.9 Å². The first-order valence-corrected chi connectivity index (χ1v) is 10.2. The number of carboxylic acids is 2. The zero-order chi connectivity index (χ0) is 23.3. The summed E-state index contributed by atoms with van der Waals surface area (Å²) in [5, 5.41) is 14.8. The van der Waals surface area contributed by atoms with Gasteiger partial charge in [-0.25, -0.2) is 14.4 Å². The summed E-state index contributed by atoms with van der Waals surface area (Å²) in [4.78, 5) is 34.6. The van der Waals surface area contributed by atoms with Gasteiger partial charge in [-0.05, 0) is 23.3 Å². The molecule has 0 aliphatic carbocycles. The lowest BCUT2D eigenvalue weighted by atomic mass is 10.1. The third-order valence-corrected chi connectivity index (χ3v) is 4.90. The molecular weight excluding hydrogens is 412 g/mol. The number of carbonyl (C=O) groups excluding carboxylic acids is 1. The Morgan fingerprint density at radius 3 is 1.97 bits per heavy atom. The number of methoxy groups -OCH3 is 1. The summed E-state index contributed by atoms with van der Waals surface area (Å²) in [6.07, 6.45) is 4.44. The third-order valence-electron chi connectivity index (χ3n) is 4.90. The number of ether oxygens (including phenoxy) is 1. The van der Waals surface area contributed by atoms with Crippen molar-refractivity contribution in [2.75, 3.05) is 39.8 Å². The highest BCUT2D eigenvalue weighted by atomic mass is 16.5. The van der Waals surface area contributed by atoms with Gasteiger partial charge in [0.25, 0.3) is 0 Å². The number of carboxylic acid groups (broad SMARTS) is 2. The van der Waals surface area contributed by atoms with Gasteiger partial charge in [0.05, 0.1) is 12.7 Å². The van der Waals surface area contributed by atoms with Crippen LogP contribution in [0.4, 0.5) is 0 Å². The van der Waals surface area contributed by atoms with E-state index in [2.05, 4.69) is 46.2 Å². The van der Waals surface area contributed by atoms with Crippen LogP contribution in [0.2, 0.25) is 0 Å². The molecule has 1 fully saturated rings. The summed E-state index contributed by atoms with van der Waals surface area (Å²) in [5.74, 6) is -3.93. The van der Waals surface area contributed by atoms with Gasteiger partial charge in [-0.1, -0.05) is 54.6 Å². The Morgan fingerprint density at radius 2 is 1.44 bits per heavy atom. The maximum atomic E-state index is 11.5. The van der Waals surface area contributed by atoms with E-state index in [9.17, 15) is 4.79 Å². The van der Waals surface area contributed by atoms with Crippen molar-refractivity contribution in [3.05, 3.63) is 77.4 Å². The minimum Gasteiger partial charge on any atom is -0.473 e. The second kappa shape index (κ2) is 13.0. The molecule has 0 radical (unpaired) electrons. The number of hydrogen-bond donors (Lipinski definition) is 2. The zero-order valence-corrected chi connectivity index (χ0v) is 18.0. The molecule has 1 heterocycles. The summed E-state index contributed by atoms with van der Waals surface area (Å²) in [6.45, 7) is 6.22. The van der Waals surface area contributed by atoms with Crippen LogP contribution in [0.3, 0.4) is 0 Å². The van der Waals surface area contributed by atoms with Crippen molar-refractivity contribution in [2.45, 2.75) is 6.54 Å². The van der Waals surface area contributed by atoms with Crippen LogP contribution < -0.4 is 0 Å². The normalized spacial score (nSPS) is 14.4. The van der Waals surface area contributed by atoms with Crippen molar-refractivity contribution in [1.82, 2.24) is 9.80 Å². The highest BCUT2D eigenvalue weighted by molar-refractivity contribution is 6.27. The minimum absolute atomic E-state index is 0.284. The van der Waals surface area contributed by atoms with Crippen molar-refractivity contribution in [2.24, 2.45) is 0 Å². The van der Waals surface area contributed by atoms with Crippen LogP contribution in [0.15, 0.2) is 60.7 Å². The van der Waals surface area contributed by atoms with E-state index in [0.29, 0.717) is 5.56 Å². The van der Waals surface area contributed by atoms with Crippen LogP contribution in [0, 0.1) is 0 Å². The predicted octanol–water partition coefficient (Wildman–Crippen LogP) is 2.46. The molecule has 0 unspecified atom stereocenters. The molecule has 2 aromatic carbocycles. The average Bonchev–Trinajstić information content (AvgIpc) is 2.81. The molecule has 1 aliphatic rings. The van der Waals surface area contributed by atoms with Gasteiger partial charge in [-0.15, -0.1) is 0 Å². The molecule has 2 N–H and O–H groups in total. The van der Waals surface area contributed by atoms with E-state index in [1.54, 1.807) is 0 Å². The fourth-order valence-electron chi connectivity index (χ4n) is 3.15. The number of benzene rings is 2. The van der Waals surface area contributed by atoms with Crippen LogP contribution in [0.25, 0.3) is 6.08 Å². The minimum atomic E-state index is -1.82. The van der Waals surface area contributed by atoms with E-state index >= 15 is 0 Å². The van der Waals surface area contributed by atoms with Crippen molar-refractivity contribution < 1.29 is 29.3 Å². The molecule has 3 rings (SSSR count). The first-order valence-electron chi connectivity index (χ1n) is 10.2. The molecule has 1 aliphatic heterocycles. The van der Waals surface area contributed by atoms with Crippen LogP contribution in [0.1, 0.15) is 21.5 Å². The van der Waals surface area contributed by atoms with Crippen LogP contribution >= 0.6 is 0 Å². The molecule has 8 heteroatoms. The second-order valence-electron chi connectivity index (χ2n) is 7.19. The Hall–Kier alpha value is -3.49. The van der Waals surface area contributed by atoms with Crippen molar-refractivity contribution in [3.8, 4) is 0 Å². The first-order chi connectivity index (χ1) is 15.4. The fraction of sp³-hybridized carbons (Fsp3) is 0.292. The molecule has 1 saturated heterocycles. The van der Waals surface area contributed by atoms with E-state index in [1.165, 1.54) is 18.2 Å². The summed E-state index contributed by atoms with van der Waals surface area (Å²) < 4.78 is 4.74. The van der Waals surface area contributed by atoms with Crippen molar-refractivity contribution in [3.63, 3.8) is 0 Å². The van der Waals surface area contributed by atoms with Gasteiger partial charge in [-0.2, -0.15) is 0 Å². The lowest BCUT2D eigenvalue weighted by Gasteiger charge is -2.34. The SMILES string of the molecule is COC(=O)c1ccc(CN2CCN(C/C=C/c3ccccc3)CC2)cc1.O=C(O)C(=O)O. The van der Waals surface area contributed by atoms with E-state index in [4.69, 9.17) is 24.5 Å². The monoisotopic (exact) mass is 440 g/mol. The molecule has 0 amide bonds. The van der Waals surface area contributed by atoms with Gasteiger partial charge in [-0.3, -0.25) is 9.80 Å². The van der Waals surface area contributed by atoms with Crippen LogP contribution in [-0.4, -0.2) is 77.8 Å². The molecule has 0 bridgehead atoms. The fourth-order valence-corrected chi connectivity index (χ4v) is 3.15. The molecule has 0 aromatic heterocycles. The molecule has 0 spiro atoms. The number of nitrogens with zero attached hydrogens (tertiary/aromatic N) is 2. The Kier molecular flexibility index (Phi) is 10.1. The highest BCUT2D eigenvalue weighted by Gasteiger charge is 2.16. The number of piperazine rings is 1. The molecule has 0 saturated carbocycles. The zero-order valence-electron chi connectivity index (χ0n) is 18.0. The molecule has 8 nitrogen and oxygen atoms in total. The Bertz CT molecular complexity index is 892. The van der Waals surface area contributed by atoms with E-state index in [-0.39, 0.29) is 5.97 Å². The Labute approximate surface area is 187 Å². The molecule has 0 atom stereocenters. The van der Waals surface area contributed by atoms with Gasteiger partial charge in [0.2, 0.25) is 0 Å². The molecule has 170 valence electrons. The average molecular weight is 440 g/mol. The summed E-state index contributed by atoms with van der Waals surface area (Å²) >= 11 is 0. The standard InChI is InChI=1S/C22H26N2O2.C2H2O4/c1-26-22(25)21-11-9-20(10-12-21)18-24-16-14-23(15-17-24)13-5-8-19-6-3-2-4-7-19;3-1(4)2(5)6/h2-12H,13-18H2,1H3;(H,3,4)(H,5,6)/b8-5+;. The molecule has 32 heavy (non-hydrogen) atoms. The summed E-state index contributed by atoms with van der Waals surface area (Å²) in [6, 6.07) is 18.1. The third kappa shape index (κ3) is 8.71. The van der Waals surface area contributed by atoms with Gasteiger partial charge in [0.15, 0.2) is 0 Å². The maximum Gasteiger partial charge on any atom is 0.414 e. The van der Waals surface area contributed by atoms with Crippen molar-refractivity contribution in [1.29, 1.82) is 0 Å². The van der Waals surface area contributed by atoms with Gasteiger partial charge in [0.1, 0.15) is 0 Å². The number of esters is 1. The van der Waals surface area contributed by atoms with Gasteiger partial charge < -0.3 is 14.9 Å². The smallest absolute Gasteiger partial charge is 0.414 e. The largest absolute Gasteiger partial charge is 0.473 e. The highest BCUT2D eigenvalue weighted by Crippen LogP contribution is 2.11. The lowest BCUT2D eigenvalue weighted by Crippen LogP contribution is -2.45. The second-order valence-corrected chi connectivity index (χ2v) is 7.19. The number of hydrogen-bond acceptors (Lipinski definition) is 6. The molecule has 2 aromatic rings. The Balaban J connectivity index is 0.000000534. The Morgan fingerprint density at radius 1 is 0.875 bits per heavy atom. The summed E-state index contributed by atoms with van der Waals surface area (Å²) in [5.41, 5.74) is 3.09. The first kappa shape index (κ1) is 24.8. The summed E-state index contributed by atoms with van der Waals surface area (Å²) in [7, 11) is 1.41. The predicted molar refractivity (Wildman–Crippen MR) is 120 cm³/mol. The van der Waals surface area contributed by atoms with E-state index in [0.717, 1.165) is 39.3 Å². The van der Waals surface area contributed by atoms with E-state index < -0.39 is 11.9 Å². The van der Waals surface area contributed by atoms with Crippen LogP contribution in [0.5, 0.6) is 0 Å². The lowest BCUT2D eigenvalue weighted by molar-refractivity contribution is -0.159. The molecular formula is C24H28N2O6. The van der Waals surface area contributed by atoms with E-state index in [1.807, 2.05) is 30.3 Å². The quantitative estimate of drug-likeness (QED) is 0.521.